The Hall–Kier alpha value is -1.77. The molecular formula is C16H22N2O. The Kier molecular flexibility index (Phi) is 3.65. The van der Waals surface area contributed by atoms with E-state index in [1.165, 1.54) is 5.56 Å². The Morgan fingerprint density at radius 1 is 1.05 bits per heavy atom. The summed E-state index contributed by atoms with van der Waals surface area (Å²) in [6.07, 6.45) is 0. The molecule has 2 rings (SSSR count). The topological polar surface area (TPSA) is 37.8 Å². The van der Waals surface area contributed by atoms with Crippen molar-refractivity contribution in [1.29, 1.82) is 0 Å². The van der Waals surface area contributed by atoms with Crippen LogP contribution >= 0.6 is 0 Å². The average Bonchev–Trinajstić information content (AvgIpc) is 2.68. The zero-order valence-electron chi connectivity index (χ0n) is 12.3. The van der Waals surface area contributed by atoms with Gasteiger partial charge in [-0.05, 0) is 32.3 Å². The maximum absolute atomic E-state index is 12.3. The van der Waals surface area contributed by atoms with Crippen molar-refractivity contribution in [3.05, 3.63) is 45.9 Å². The van der Waals surface area contributed by atoms with Crippen LogP contribution in [0.1, 0.15) is 50.9 Å². The normalized spacial score (nSPS) is 11.5. The molecule has 3 heteroatoms. The number of nitrogens with zero attached hydrogens (tertiary/aromatic N) is 1. The van der Waals surface area contributed by atoms with Crippen molar-refractivity contribution < 1.29 is 0 Å². The lowest BCUT2D eigenvalue weighted by atomic mass is 9.98. The molecule has 0 unspecified atom stereocenters. The molecule has 0 aliphatic heterocycles. The smallest absolute Gasteiger partial charge is 0.272 e. The third kappa shape index (κ3) is 2.50. The highest BCUT2D eigenvalue weighted by Crippen LogP contribution is 2.28. The van der Waals surface area contributed by atoms with Gasteiger partial charge in [-0.3, -0.25) is 14.6 Å². The lowest BCUT2D eigenvalue weighted by molar-refractivity contribution is 0.495. The number of H-pyrrole nitrogens is 1. The number of nitrogens with one attached hydrogen (secondary N) is 1. The Morgan fingerprint density at radius 3 is 2.11 bits per heavy atom. The van der Waals surface area contributed by atoms with Crippen LogP contribution in [-0.4, -0.2) is 9.78 Å². The van der Waals surface area contributed by atoms with Crippen LogP contribution in [0.5, 0.6) is 0 Å². The number of hydrogen-bond acceptors (Lipinski definition) is 1. The fourth-order valence-electron chi connectivity index (χ4n) is 2.44. The van der Waals surface area contributed by atoms with Crippen LogP contribution in [0.15, 0.2) is 29.1 Å². The molecule has 0 bridgehead atoms. The van der Waals surface area contributed by atoms with Crippen LogP contribution in [-0.2, 0) is 0 Å². The highest BCUT2D eigenvalue weighted by Gasteiger charge is 2.20. The minimum Gasteiger partial charge on any atom is -0.286 e. The molecule has 1 heterocycles. The highest BCUT2D eigenvalue weighted by molar-refractivity contribution is 5.66. The standard InChI is InChI=1S/C16H22N2O/c1-10(2)15-14(13-8-6-12(5)7-9-13)16(19)17-18(15)11(3)4/h6-11H,1-5H3,(H,17,19). The molecule has 2 aromatic rings. The van der Waals surface area contributed by atoms with E-state index < -0.39 is 0 Å². The molecule has 0 atom stereocenters. The molecule has 0 aliphatic rings. The summed E-state index contributed by atoms with van der Waals surface area (Å²) in [6, 6.07) is 8.40. The summed E-state index contributed by atoms with van der Waals surface area (Å²) in [5, 5.41) is 2.97. The van der Waals surface area contributed by atoms with Gasteiger partial charge in [0.05, 0.1) is 11.3 Å². The molecule has 1 N–H and O–H groups in total. The lowest BCUT2D eigenvalue weighted by Gasteiger charge is -2.16. The fourth-order valence-corrected chi connectivity index (χ4v) is 2.44. The van der Waals surface area contributed by atoms with Gasteiger partial charge in [-0.25, -0.2) is 0 Å². The summed E-state index contributed by atoms with van der Waals surface area (Å²) in [5.41, 5.74) is 4.10. The van der Waals surface area contributed by atoms with E-state index in [0.717, 1.165) is 16.8 Å². The Balaban J connectivity index is 2.69. The first-order valence-corrected chi connectivity index (χ1v) is 6.83. The van der Waals surface area contributed by atoms with E-state index >= 15 is 0 Å². The summed E-state index contributed by atoms with van der Waals surface area (Å²) < 4.78 is 1.99. The van der Waals surface area contributed by atoms with Crippen molar-refractivity contribution in [2.75, 3.05) is 0 Å². The predicted octanol–water partition coefficient (Wildman–Crippen LogP) is 3.86. The minimum atomic E-state index is 0.00116. The third-order valence-electron chi connectivity index (χ3n) is 3.37. The second-order valence-corrected chi connectivity index (χ2v) is 5.69. The first-order chi connectivity index (χ1) is 8.91. The van der Waals surface area contributed by atoms with E-state index in [2.05, 4.69) is 39.7 Å². The zero-order chi connectivity index (χ0) is 14.2. The predicted molar refractivity (Wildman–Crippen MR) is 79.7 cm³/mol. The van der Waals surface area contributed by atoms with Crippen molar-refractivity contribution in [1.82, 2.24) is 9.78 Å². The monoisotopic (exact) mass is 258 g/mol. The lowest BCUT2D eigenvalue weighted by Crippen LogP contribution is -2.10. The first-order valence-electron chi connectivity index (χ1n) is 6.83. The van der Waals surface area contributed by atoms with E-state index in [-0.39, 0.29) is 11.6 Å². The first kappa shape index (κ1) is 13.7. The largest absolute Gasteiger partial charge is 0.286 e. The molecule has 19 heavy (non-hydrogen) atoms. The van der Waals surface area contributed by atoms with E-state index in [0.29, 0.717) is 5.92 Å². The van der Waals surface area contributed by atoms with Crippen LogP contribution in [0, 0.1) is 6.92 Å². The maximum Gasteiger partial charge on any atom is 0.272 e. The maximum atomic E-state index is 12.3. The second-order valence-electron chi connectivity index (χ2n) is 5.69. The Morgan fingerprint density at radius 2 is 1.63 bits per heavy atom. The zero-order valence-corrected chi connectivity index (χ0v) is 12.3. The molecule has 3 nitrogen and oxygen atoms in total. The quantitative estimate of drug-likeness (QED) is 0.892. The van der Waals surface area contributed by atoms with Gasteiger partial charge < -0.3 is 0 Å². The van der Waals surface area contributed by atoms with Gasteiger partial charge in [0.1, 0.15) is 0 Å². The molecule has 0 amide bonds. The van der Waals surface area contributed by atoms with Crippen molar-refractivity contribution in [3.63, 3.8) is 0 Å². The van der Waals surface area contributed by atoms with Crippen molar-refractivity contribution in [2.24, 2.45) is 0 Å². The molecule has 0 fully saturated rings. The second kappa shape index (κ2) is 5.08. The third-order valence-corrected chi connectivity index (χ3v) is 3.37. The SMILES string of the molecule is Cc1ccc(-c2c(C(C)C)n(C(C)C)[nH]c2=O)cc1. The van der Waals surface area contributed by atoms with Crippen molar-refractivity contribution >= 4 is 0 Å². The molecule has 0 aliphatic carbocycles. The van der Waals surface area contributed by atoms with Crippen LogP contribution in [0.2, 0.25) is 0 Å². The Labute approximate surface area is 114 Å². The molecule has 0 spiro atoms. The van der Waals surface area contributed by atoms with E-state index in [4.69, 9.17) is 0 Å². The van der Waals surface area contributed by atoms with Gasteiger partial charge in [0.15, 0.2) is 0 Å². The number of rotatable bonds is 3. The molecule has 0 saturated carbocycles. The summed E-state index contributed by atoms with van der Waals surface area (Å²) >= 11 is 0. The number of aryl methyl sites for hydroxylation is 1. The van der Waals surface area contributed by atoms with E-state index in [1.807, 2.05) is 28.9 Å². The molecular weight excluding hydrogens is 236 g/mol. The van der Waals surface area contributed by atoms with Crippen LogP contribution in [0.25, 0.3) is 11.1 Å². The van der Waals surface area contributed by atoms with E-state index in [9.17, 15) is 4.79 Å². The molecule has 0 radical (unpaired) electrons. The van der Waals surface area contributed by atoms with Gasteiger partial charge in [-0.1, -0.05) is 43.7 Å². The van der Waals surface area contributed by atoms with E-state index in [1.54, 1.807) is 0 Å². The number of hydrogen-bond donors (Lipinski definition) is 1. The van der Waals surface area contributed by atoms with Gasteiger partial charge in [0.25, 0.3) is 5.56 Å². The van der Waals surface area contributed by atoms with Crippen LogP contribution in [0.3, 0.4) is 0 Å². The van der Waals surface area contributed by atoms with Gasteiger partial charge in [0.2, 0.25) is 0 Å². The van der Waals surface area contributed by atoms with Gasteiger partial charge >= 0.3 is 0 Å². The van der Waals surface area contributed by atoms with Gasteiger partial charge in [0, 0.05) is 6.04 Å². The summed E-state index contributed by atoms with van der Waals surface area (Å²) in [5.74, 6) is 0.303. The molecule has 0 saturated heterocycles. The van der Waals surface area contributed by atoms with Gasteiger partial charge in [-0.2, -0.15) is 0 Å². The van der Waals surface area contributed by atoms with Gasteiger partial charge in [-0.15, -0.1) is 0 Å². The highest BCUT2D eigenvalue weighted by atomic mass is 16.1. The fraction of sp³-hybridized carbons (Fsp3) is 0.438. The van der Waals surface area contributed by atoms with Crippen LogP contribution in [0.4, 0.5) is 0 Å². The summed E-state index contributed by atoms with van der Waals surface area (Å²) in [4.78, 5) is 12.3. The number of benzene rings is 1. The Bertz CT molecular complexity index is 615. The molecule has 102 valence electrons. The molecule has 1 aromatic carbocycles. The minimum absolute atomic E-state index is 0.00116. The number of aromatic nitrogens is 2. The summed E-state index contributed by atoms with van der Waals surface area (Å²) in [7, 11) is 0. The van der Waals surface area contributed by atoms with Crippen molar-refractivity contribution in [2.45, 2.75) is 46.6 Å². The van der Waals surface area contributed by atoms with Crippen molar-refractivity contribution in [3.8, 4) is 11.1 Å². The van der Waals surface area contributed by atoms with Crippen LogP contribution < -0.4 is 5.56 Å². The average molecular weight is 258 g/mol. The number of aromatic amines is 1. The molecule has 1 aromatic heterocycles. The summed E-state index contributed by atoms with van der Waals surface area (Å²) in [6.45, 7) is 10.5.